The summed E-state index contributed by atoms with van der Waals surface area (Å²) in [7, 11) is 0. The van der Waals surface area contributed by atoms with Gasteiger partial charge in [0.05, 0.1) is 6.10 Å². The average Bonchev–Trinajstić information content (AvgIpc) is 2.72. The Hall–Kier alpha value is 0.1000. The molecule has 0 bridgehead atoms. The van der Waals surface area contributed by atoms with Gasteiger partial charge in [-0.25, -0.2) is 0 Å². The highest BCUT2D eigenvalue weighted by Gasteiger charge is 2.23. The van der Waals surface area contributed by atoms with E-state index in [2.05, 4.69) is 39.6 Å². The van der Waals surface area contributed by atoms with Gasteiger partial charge in [0.1, 0.15) is 0 Å². The maximum atomic E-state index is 5.49. The summed E-state index contributed by atoms with van der Waals surface area (Å²) in [5.41, 5.74) is 0. The van der Waals surface area contributed by atoms with E-state index < -0.39 is 0 Å². The van der Waals surface area contributed by atoms with Crippen LogP contribution in [0.1, 0.15) is 18.2 Å². The Morgan fingerprint density at radius 2 is 2.57 bits per heavy atom. The topological polar surface area (TPSA) is 21.3 Å². The molecule has 0 spiro atoms. The molecular weight excluding hydrogens is 262 g/mol. The summed E-state index contributed by atoms with van der Waals surface area (Å²) in [6.45, 7) is 3.98. The molecule has 14 heavy (non-hydrogen) atoms. The molecule has 0 amide bonds. The van der Waals surface area contributed by atoms with Crippen molar-refractivity contribution >= 4 is 27.3 Å². The molecule has 2 nitrogen and oxygen atoms in total. The lowest BCUT2D eigenvalue weighted by Gasteiger charge is -2.14. The largest absolute Gasteiger partial charge is 0.377 e. The minimum atomic E-state index is 0.360. The van der Waals surface area contributed by atoms with E-state index in [1.807, 2.05) is 0 Å². The minimum Gasteiger partial charge on any atom is -0.377 e. The second-order valence-corrected chi connectivity index (χ2v) is 5.49. The summed E-state index contributed by atoms with van der Waals surface area (Å²) in [5.74, 6) is 0. The van der Waals surface area contributed by atoms with Crippen LogP contribution in [0.15, 0.2) is 15.9 Å². The van der Waals surface area contributed by atoms with Crippen LogP contribution in [0.25, 0.3) is 0 Å². The number of rotatable bonds is 3. The van der Waals surface area contributed by atoms with E-state index in [4.69, 9.17) is 4.74 Å². The molecule has 4 heteroatoms. The van der Waals surface area contributed by atoms with Crippen LogP contribution in [-0.4, -0.2) is 18.8 Å². The Labute approximate surface area is 96.8 Å². The van der Waals surface area contributed by atoms with E-state index >= 15 is 0 Å². The Kier molecular flexibility index (Phi) is 3.60. The molecular formula is C10H14BrNOS. The van der Waals surface area contributed by atoms with Gasteiger partial charge in [-0.15, -0.1) is 11.3 Å². The summed E-state index contributed by atoms with van der Waals surface area (Å²) in [6.07, 6.45) is 1.49. The first-order valence-electron chi connectivity index (χ1n) is 4.83. The van der Waals surface area contributed by atoms with Crippen molar-refractivity contribution < 1.29 is 4.74 Å². The van der Waals surface area contributed by atoms with Crippen LogP contribution in [0.2, 0.25) is 0 Å². The van der Waals surface area contributed by atoms with Gasteiger partial charge in [0.15, 0.2) is 0 Å². The molecule has 1 fully saturated rings. The average molecular weight is 276 g/mol. The quantitative estimate of drug-likeness (QED) is 0.916. The highest BCUT2D eigenvalue weighted by atomic mass is 79.9. The fourth-order valence-corrected chi connectivity index (χ4v) is 3.08. The Morgan fingerprint density at radius 3 is 3.14 bits per heavy atom. The van der Waals surface area contributed by atoms with E-state index in [0.29, 0.717) is 12.1 Å². The van der Waals surface area contributed by atoms with Gasteiger partial charge in [0.25, 0.3) is 0 Å². The maximum Gasteiger partial charge on any atom is 0.0700 e. The number of hydrogen-bond donors (Lipinski definition) is 1. The monoisotopic (exact) mass is 275 g/mol. The minimum absolute atomic E-state index is 0.360. The SMILES string of the molecule is CC1OCCC1NCc1cc(Br)cs1. The number of thiophene rings is 1. The fraction of sp³-hybridized carbons (Fsp3) is 0.600. The second kappa shape index (κ2) is 4.75. The van der Waals surface area contributed by atoms with Gasteiger partial charge in [-0.3, -0.25) is 0 Å². The standard InChI is InChI=1S/C10H14BrNOS/c1-7-10(2-3-13-7)12-5-9-4-8(11)6-14-9/h4,6-7,10,12H,2-3,5H2,1H3. The fourth-order valence-electron chi connectivity index (χ4n) is 1.68. The molecule has 0 aliphatic carbocycles. The maximum absolute atomic E-state index is 5.49. The van der Waals surface area contributed by atoms with Crippen molar-refractivity contribution in [3.63, 3.8) is 0 Å². The smallest absolute Gasteiger partial charge is 0.0700 e. The Morgan fingerprint density at radius 1 is 1.71 bits per heavy atom. The van der Waals surface area contributed by atoms with Gasteiger partial charge in [-0.1, -0.05) is 0 Å². The number of hydrogen-bond acceptors (Lipinski definition) is 3. The van der Waals surface area contributed by atoms with Gasteiger partial charge < -0.3 is 10.1 Å². The zero-order chi connectivity index (χ0) is 9.97. The molecule has 2 heterocycles. The van der Waals surface area contributed by atoms with Crippen molar-refractivity contribution in [2.75, 3.05) is 6.61 Å². The first-order valence-corrected chi connectivity index (χ1v) is 6.51. The lowest BCUT2D eigenvalue weighted by Crippen LogP contribution is -2.33. The molecule has 0 radical (unpaired) electrons. The third-order valence-electron chi connectivity index (χ3n) is 2.54. The van der Waals surface area contributed by atoms with Crippen molar-refractivity contribution in [1.29, 1.82) is 0 Å². The molecule has 1 saturated heterocycles. The van der Waals surface area contributed by atoms with E-state index in [9.17, 15) is 0 Å². The molecule has 0 saturated carbocycles. The summed E-state index contributed by atoms with van der Waals surface area (Å²) >= 11 is 5.24. The number of nitrogens with one attached hydrogen (secondary N) is 1. The summed E-state index contributed by atoms with van der Waals surface area (Å²) in [6, 6.07) is 2.69. The highest BCUT2D eigenvalue weighted by Crippen LogP contribution is 2.20. The third-order valence-corrected chi connectivity index (χ3v) is 4.23. The normalized spacial score (nSPS) is 27.0. The van der Waals surface area contributed by atoms with Crippen LogP contribution in [0.5, 0.6) is 0 Å². The predicted octanol–water partition coefficient (Wildman–Crippen LogP) is 2.78. The van der Waals surface area contributed by atoms with Crippen molar-refractivity contribution in [1.82, 2.24) is 5.32 Å². The Balaban J connectivity index is 1.82. The van der Waals surface area contributed by atoms with Crippen LogP contribution in [0.3, 0.4) is 0 Å². The van der Waals surface area contributed by atoms with Gasteiger partial charge in [-0.05, 0) is 35.3 Å². The number of halogens is 1. The van der Waals surface area contributed by atoms with Crippen molar-refractivity contribution in [2.24, 2.45) is 0 Å². The lowest BCUT2D eigenvalue weighted by molar-refractivity contribution is 0.113. The second-order valence-electron chi connectivity index (χ2n) is 3.58. The summed E-state index contributed by atoms with van der Waals surface area (Å²) < 4.78 is 6.67. The molecule has 78 valence electrons. The van der Waals surface area contributed by atoms with Gasteiger partial charge >= 0.3 is 0 Å². The van der Waals surface area contributed by atoms with Crippen molar-refractivity contribution in [3.8, 4) is 0 Å². The molecule has 2 atom stereocenters. The van der Waals surface area contributed by atoms with Crippen molar-refractivity contribution in [3.05, 3.63) is 20.8 Å². The molecule has 1 aliphatic heterocycles. The van der Waals surface area contributed by atoms with Crippen LogP contribution < -0.4 is 5.32 Å². The van der Waals surface area contributed by atoms with Gasteiger partial charge in [-0.2, -0.15) is 0 Å². The van der Waals surface area contributed by atoms with Gasteiger partial charge in [0, 0.05) is 33.9 Å². The van der Waals surface area contributed by atoms with E-state index in [1.165, 1.54) is 9.35 Å². The van der Waals surface area contributed by atoms with Crippen LogP contribution in [-0.2, 0) is 11.3 Å². The van der Waals surface area contributed by atoms with Crippen LogP contribution in [0.4, 0.5) is 0 Å². The van der Waals surface area contributed by atoms with Crippen LogP contribution >= 0.6 is 27.3 Å². The molecule has 1 N–H and O–H groups in total. The molecule has 1 aromatic heterocycles. The summed E-state index contributed by atoms with van der Waals surface area (Å²) in [4.78, 5) is 1.37. The van der Waals surface area contributed by atoms with E-state index in [-0.39, 0.29) is 0 Å². The highest BCUT2D eigenvalue weighted by molar-refractivity contribution is 9.10. The number of ether oxygens (including phenoxy) is 1. The molecule has 1 aromatic rings. The molecule has 2 unspecified atom stereocenters. The zero-order valence-electron chi connectivity index (χ0n) is 8.13. The predicted molar refractivity (Wildman–Crippen MR) is 62.7 cm³/mol. The van der Waals surface area contributed by atoms with E-state index in [0.717, 1.165) is 19.6 Å². The summed E-state index contributed by atoms with van der Waals surface area (Å²) in [5, 5.41) is 5.64. The van der Waals surface area contributed by atoms with E-state index in [1.54, 1.807) is 11.3 Å². The van der Waals surface area contributed by atoms with Gasteiger partial charge in [0.2, 0.25) is 0 Å². The first kappa shape index (κ1) is 10.6. The zero-order valence-corrected chi connectivity index (χ0v) is 10.5. The molecule has 1 aliphatic rings. The molecule has 2 rings (SSSR count). The lowest BCUT2D eigenvalue weighted by atomic mass is 10.1. The third kappa shape index (κ3) is 2.57. The van der Waals surface area contributed by atoms with Crippen LogP contribution in [0, 0.1) is 0 Å². The first-order chi connectivity index (χ1) is 6.75. The van der Waals surface area contributed by atoms with Crippen molar-refractivity contribution in [2.45, 2.75) is 32.0 Å². The molecule has 0 aromatic carbocycles. The Bertz CT molecular complexity index is 302.